The van der Waals surface area contributed by atoms with Crippen LogP contribution in [-0.4, -0.2) is 10.7 Å². The first-order valence-electron chi connectivity index (χ1n) is 21.9. The minimum atomic E-state index is -0.557. The number of fused-ring (bicyclic) bond motifs is 7. The van der Waals surface area contributed by atoms with Crippen molar-refractivity contribution in [3.05, 3.63) is 257 Å². The van der Waals surface area contributed by atoms with E-state index in [4.69, 9.17) is 9.98 Å². The summed E-state index contributed by atoms with van der Waals surface area (Å²) in [6.07, 6.45) is 3.71. The van der Waals surface area contributed by atoms with E-state index in [0.717, 1.165) is 57.8 Å². The molecule has 0 radical (unpaired) electrons. The molecule has 10 aromatic rings. The number of aromatic nitrogens is 1. The molecule has 3 nitrogen and oxygen atoms in total. The summed E-state index contributed by atoms with van der Waals surface area (Å²) in [5, 5.41) is 3.56. The van der Waals surface area contributed by atoms with Gasteiger partial charge in [-0.05, 0) is 129 Å². The maximum absolute atomic E-state index is 5.29. The molecule has 298 valence electrons. The summed E-state index contributed by atoms with van der Waals surface area (Å²) in [6.45, 7) is 2.15. The Bertz CT molecular complexity index is 3360. The number of aliphatic imine (C=N–C) groups is 1. The molecule has 1 aliphatic heterocycles. The zero-order chi connectivity index (χ0) is 41.9. The molecule has 9 aromatic carbocycles. The zero-order valence-electron chi connectivity index (χ0n) is 35.0. The van der Waals surface area contributed by atoms with Crippen molar-refractivity contribution < 1.29 is 0 Å². The lowest BCUT2D eigenvalue weighted by atomic mass is 9.67. The van der Waals surface area contributed by atoms with Crippen LogP contribution in [0.15, 0.2) is 224 Å². The van der Waals surface area contributed by atoms with Gasteiger partial charge in [-0.2, -0.15) is 0 Å². The van der Waals surface area contributed by atoms with Gasteiger partial charge in [0.15, 0.2) is 0 Å². The van der Waals surface area contributed by atoms with Crippen LogP contribution in [0.5, 0.6) is 0 Å². The lowest BCUT2D eigenvalue weighted by molar-refractivity contribution is 0.769. The second-order valence-corrected chi connectivity index (χ2v) is 16.9. The Labute approximate surface area is 368 Å². The fourth-order valence-corrected chi connectivity index (χ4v) is 10.4. The first kappa shape index (κ1) is 36.9. The first-order valence-corrected chi connectivity index (χ1v) is 21.9. The van der Waals surface area contributed by atoms with Gasteiger partial charge in [-0.3, -0.25) is 9.98 Å². The fraction of sp³-hybridized carbons (Fsp3) is 0.0667. The Balaban J connectivity index is 1.00. The Hall–Kier alpha value is -7.88. The molecule has 2 aliphatic rings. The minimum absolute atomic E-state index is 0.557. The van der Waals surface area contributed by atoms with Crippen molar-refractivity contribution in [3.8, 4) is 22.3 Å². The number of benzene rings is 9. The van der Waals surface area contributed by atoms with Crippen molar-refractivity contribution in [1.82, 2.24) is 4.98 Å². The molecule has 1 aromatic heterocycles. The van der Waals surface area contributed by atoms with Crippen LogP contribution >= 0.6 is 0 Å². The monoisotopic (exact) mass is 805 g/mol. The highest BCUT2D eigenvalue weighted by Gasteiger charge is 2.46. The van der Waals surface area contributed by atoms with Crippen molar-refractivity contribution >= 4 is 50.1 Å². The average Bonchev–Trinajstić information content (AvgIpc) is 3.66. The van der Waals surface area contributed by atoms with Crippen molar-refractivity contribution in [2.24, 2.45) is 4.99 Å². The molecule has 0 fully saturated rings. The molecule has 0 amide bonds. The zero-order valence-corrected chi connectivity index (χ0v) is 35.0. The smallest absolute Gasteiger partial charge is 0.0961 e. The van der Waals surface area contributed by atoms with Gasteiger partial charge in [0.25, 0.3) is 0 Å². The second kappa shape index (κ2) is 14.9. The van der Waals surface area contributed by atoms with E-state index in [0.29, 0.717) is 0 Å². The third-order valence-corrected chi connectivity index (χ3v) is 13.3. The lowest BCUT2D eigenvalue weighted by Crippen LogP contribution is -2.28. The summed E-state index contributed by atoms with van der Waals surface area (Å²) in [6, 6.07) is 78.2. The number of hydrogen-bond donors (Lipinski definition) is 0. The van der Waals surface area contributed by atoms with Gasteiger partial charge in [0.05, 0.1) is 22.3 Å². The van der Waals surface area contributed by atoms with Crippen LogP contribution in [0.1, 0.15) is 45.4 Å². The standard InChI is InChI=1S/C60H43N3/c1-40-25-32-49(33-26-40)63(57-24-10-13-41-12-2-3-19-51(41)57)50-34-30-47(31-35-50)60(54-22-6-4-20-52(54)53-21-5-7-23-55(53)60)48-18-9-15-45(39-48)44-14-8-16-46(38-44)56-36-29-43-28-27-42-17-11-37-61-58(42)59(43)62-56/h2-28,30-35,37-39H,29,36H2,1H3. The van der Waals surface area contributed by atoms with Gasteiger partial charge in [0.1, 0.15) is 0 Å². The van der Waals surface area contributed by atoms with Crippen LogP contribution in [-0.2, 0) is 11.8 Å². The lowest BCUT2D eigenvalue weighted by Gasteiger charge is -2.35. The molecule has 0 atom stereocenters. The predicted octanol–water partition coefficient (Wildman–Crippen LogP) is 15.3. The predicted molar refractivity (Wildman–Crippen MR) is 262 cm³/mol. The van der Waals surface area contributed by atoms with Gasteiger partial charge in [-0.1, -0.05) is 169 Å². The van der Waals surface area contributed by atoms with E-state index in [-0.39, 0.29) is 0 Å². The van der Waals surface area contributed by atoms with E-state index >= 15 is 0 Å². The molecule has 0 unspecified atom stereocenters. The summed E-state index contributed by atoms with van der Waals surface area (Å²) in [4.78, 5) is 12.4. The third-order valence-electron chi connectivity index (χ3n) is 13.3. The van der Waals surface area contributed by atoms with Gasteiger partial charge in [-0.25, -0.2) is 0 Å². The van der Waals surface area contributed by atoms with E-state index in [1.807, 2.05) is 12.3 Å². The molecule has 2 heterocycles. The average molecular weight is 806 g/mol. The van der Waals surface area contributed by atoms with Crippen LogP contribution in [0.3, 0.4) is 0 Å². The van der Waals surface area contributed by atoms with Crippen LogP contribution < -0.4 is 4.90 Å². The number of aryl methyl sites for hydroxylation is 2. The number of pyridine rings is 1. The van der Waals surface area contributed by atoms with Crippen LogP contribution in [0, 0.1) is 6.92 Å². The van der Waals surface area contributed by atoms with Gasteiger partial charge in [0.2, 0.25) is 0 Å². The molecular weight excluding hydrogens is 763 g/mol. The van der Waals surface area contributed by atoms with E-state index in [2.05, 4.69) is 218 Å². The number of anilines is 3. The fourth-order valence-electron chi connectivity index (χ4n) is 10.4. The topological polar surface area (TPSA) is 28.5 Å². The SMILES string of the molecule is Cc1ccc(N(c2ccc(C3(c4cccc(-c5cccc(C6=Nc7c(ccc8cccnc78)CC6)c5)c4)c4ccccc4-c4ccccc43)cc2)c2cccc3ccccc23)cc1. The molecule has 63 heavy (non-hydrogen) atoms. The van der Waals surface area contributed by atoms with Crippen molar-refractivity contribution in [2.45, 2.75) is 25.2 Å². The summed E-state index contributed by atoms with van der Waals surface area (Å²) in [5.74, 6) is 0. The molecule has 3 heteroatoms. The van der Waals surface area contributed by atoms with Gasteiger partial charge in [0, 0.05) is 34.1 Å². The Kier molecular flexibility index (Phi) is 8.75. The van der Waals surface area contributed by atoms with E-state index < -0.39 is 5.41 Å². The summed E-state index contributed by atoms with van der Waals surface area (Å²) in [7, 11) is 0. The molecule has 1 aliphatic carbocycles. The summed E-state index contributed by atoms with van der Waals surface area (Å²) < 4.78 is 0. The van der Waals surface area contributed by atoms with Crippen molar-refractivity contribution in [2.75, 3.05) is 4.90 Å². The summed E-state index contributed by atoms with van der Waals surface area (Å²) >= 11 is 0. The van der Waals surface area contributed by atoms with Crippen LogP contribution in [0.25, 0.3) is 43.9 Å². The highest BCUT2D eigenvalue weighted by atomic mass is 15.1. The van der Waals surface area contributed by atoms with Gasteiger partial charge >= 0.3 is 0 Å². The molecule has 0 bridgehead atoms. The number of hydrogen-bond acceptors (Lipinski definition) is 3. The largest absolute Gasteiger partial charge is 0.310 e. The first-order chi connectivity index (χ1) is 31.1. The van der Waals surface area contributed by atoms with Crippen molar-refractivity contribution in [3.63, 3.8) is 0 Å². The quantitative estimate of drug-likeness (QED) is 0.160. The highest BCUT2D eigenvalue weighted by Crippen LogP contribution is 2.56. The molecule has 0 saturated carbocycles. The second-order valence-electron chi connectivity index (χ2n) is 16.9. The Morgan fingerprint density at radius 2 is 1.11 bits per heavy atom. The maximum Gasteiger partial charge on any atom is 0.0961 e. The Morgan fingerprint density at radius 3 is 1.90 bits per heavy atom. The minimum Gasteiger partial charge on any atom is -0.310 e. The van der Waals surface area contributed by atoms with Crippen LogP contribution in [0.4, 0.5) is 22.7 Å². The van der Waals surface area contributed by atoms with Gasteiger partial charge in [-0.15, -0.1) is 0 Å². The summed E-state index contributed by atoms with van der Waals surface area (Å²) in [5.41, 5.74) is 19.5. The molecule has 0 N–H and O–H groups in total. The molecule has 0 saturated heterocycles. The normalized spacial score (nSPS) is 13.6. The van der Waals surface area contributed by atoms with Crippen LogP contribution in [0.2, 0.25) is 0 Å². The highest BCUT2D eigenvalue weighted by molar-refractivity contribution is 6.07. The van der Waals surface area contributed by atoms with E-state index in [9.17, 15) is 0 Å². The number of nitrogens with zero attached hydrogens (tertiary/aromatic N) is 3. The number of rotatable bonds is 7. The molecule has 12 rings (SSSR count). The van der Waals surface area contributed by atoms with Gasteiger partial charge < -0.3 is 4.90 Å². The van der Waals surface area contributed by atoms with Crippen molar-refractivity contribution in [1.29, 1.82) is 0 Å². The maximum atomic E-state index is 5.29. The van der Waals surface area contributed by atoms with E-state index in [1.165, 1.54) is 66.4 Å². The molecule has 0 spiro atoms. The molecular formula is C60H43N3. The third kappa shape index (κ3) is 6.03. The Morgan fingerprint density at radius 1 is 0.476 bits per heavy atom. The van der Waals surface area contributed by atoms with E-state index in [1.54, 1.807) is 0 Å².